The van der Waals surface area contributed by atoms with Gasteiger partial charge in [-0.2, -0.15) is 13.2 Å². The Hall–Kier alpha value is -1.94. The van der Waals surface area contributed by atoms with E-state index in [2.05, 4.69) is 0 Å². The molecule has 6 nitrogen and oxygen atoms in total. The number of nitro benzene ring substituents is 1. The van der Waals surface area contributed by atoms with Gasteiger partial charge in [-0.3, -0.25) is 10.1 Å². The number of aliphatic hydroxyl groups excluding tert-OH is 2. The second kappa shape index (κ2) is 7.36. The molecule has 0 saturated carbocycles. The minimum Gasteiger partial charge on any atom is -0.394 e. The normalized spacial score (nSPS) is 13.0. The predicted molar refractivity (Wildman–Crippen MR) is 69.0 cm³/mol. The molecule has 0 saturated heterocycles. The predicted octanol–water partition coefficient (Wildman–Crippen LogP) is 1.85. The van der Waals surface area contributed by atoms with Gasteiger partial charge in [-0.05, 0) is 12.1 Å². The summed E-state index contributed by atoms with van der Waals surface area (Å²) in [6, 6.07) is 2.42. The van der Waals surface area contributed by atoms with Gasteiger partial charge in [-0.1, -0.05) is 0 Å². The molecule has 1 atom stereocenters. The van der Waals surface area contributed by atoms with Crippen LogP contribution in [0.3, 0.4) is 0 Å². The van der Waals surface area contributed by atoms with Crippen LogP contribution in [-0.4, -0.2) is 47.1 Å². The number of aliphatic hydroxyl groups is 2. The van der Waals surface area contributed by atoms with Crippen molar-refractivity contribution in [2.24, 2.45) is 0 Å². The van der Waals surface area contributed by atoms with Crippen molar-refractivity contribution in [2.75, 3.05) is 24.6 Å². The van der Waals surface area contributed by atoms with E-state index in [1.807, 2.05) is 0 Å². The van der Waals surface area contributed by atoms with Crippen molar-refractivity contribution in [3.05, 3.63) is 34.1 Å². The first-order valence-corrected chi connectivity index (χ1v) is 6.18. The maximum Gasteiger partial charge on any atom is 0.390 e. The van der Waals surface area contributed by atoms with E-state index in [9.17, 15) is 32.8 Å². The maximum absolute atomic E-state index is 13.1. The molecule has 1 rings (SSSR count). The Morgan fingerprint density at radius 3 is 2.50 bits per heavy atom. The number of halogens is 4. The third kappa shape index (κ3) is 5.45. The Bertz CT molecular complexity index is 524. The summed E-state index contributed by atoms with van der Waals surface area (Å²) < 4.78 is 50.1. The maximum atomic E-state index is 13.1. The summed E-state index contributed by atoms with van der Waals surface area (Å²) in [5.74, 6) is -0.908. The lowest BCUT2D eigenvalue weighted by Gasteiger charge is -2.26. The van der Waals surface area contributed by atoms with E-state index < -0.39 is 54.8 Å². The largest absolute Gasteiger partial charge is 0.394 e. The molecule has 0 radical (unpaired) electrons. The summed E-state index contributed by atoms with van der Waals surface area (Å²) in [6.07, 6.45) is -7.17. The van der Waals surface area contributed by atoms with E-state index in [4.69, 9.17) is 5.11 Å². The van der Waals surface area contributed by atoms with Gasteiger partial charge in [-0.15, -0.1) is 0 Å². The smallest absolute Gasteiger partial charge is 0.390 e. The number of alkyl halides is 3. The molecule has 0 unspecified atom stereocenters. The van der Waals surface area contributed by atoms with Crippen molar-refractivity contribution in [2.45, 2.75) is 18.7 Å². The molecule has 1 aromatic rings. The molecule has 0 aliphatic carbocycles. The monoisotopic (exact) mass is 326 g/mol. The van der Waals surface area contributed by atoms with E-state index in [1.54, 1.807) is 0 Å². The zero-order chi connectivity index (χ0) is 16.9. The lowest BCUT2D eigenvalue weighted by molar-refractivity contribution is -0.384. The van der Waals surface area contributed by atoms with Gasteiger partial charge >= 0.3 is 6.18 Å². The van der Waals surface area contributed by atoms with Crippen molar-refractivity contribution >= 4 is 11.4 Å². The minimum atomic E-state index is -4.50. The molecule has 0 fully saturated rings. The van der Waals surface area contributed by atoms with Crippen molar-refractivity contribution in [1.82, 2.24) is 0 Å². The van der Waals surface area contributed by atoms with Gasteiger partial charge in [0.05, 0.1) is 30.1 Å². The average Bonchev–Trinajstić information content (AvgIpc) is 2.42. The second-order valence-corrected chi connectivity index (χ2v) is 4.54. The van der Waals surface area contributed by atoms with Crippen LogP contribution in [0, 0.1) is 15.9 Å². The van der Waals surface area contributed by atoms with E-state index >= 15 is 0 Å². The van der Waals surface area contributed by atoms with Gasteiger partial charge in [-0.25, -0.2) is 4.39 Å². The first-order valence-electron chi connectivity index (χ1n) is 6.18. The number of nitrogens with zero attached hydrogens (tertiary/aromatic N) is 2. The molecule has 0 bridgehead atoms. The second-order valence-electron chi connectivity index (χ2n) is 4.54. The van der Waals surface area contributed by atoms with Crippen molar-refractivity contribution in [3.63, 3.8) is 0 Å². The lowest BCUT2D eigenvalue weighted by Crippen LogP contribution is -2.37. The minimum absolute atomic E-state index is 0.261. The summed E-state index contributed by atoms with van der Waals surface area (Å²) in [6.45, 7) is -1.86. The highest BCUT2D eigenvalue weighted by Crippen LogP contribution is 2.30. The third-order valence-electron chi connectivity index (χ3n) is 2.78. The molecule has 0 spiro atoms. The molecule has 0 aliphatic rings. The molecule has 0 aliphatic heterocycles. The number of hydrogen-bond acceptors (Lipinski definition) is 5. The summed E-state index contributed by atoms with van der Waals surface area (Å²) in [7, 11) is 0. The van der Waals surface area contributed by atoms with Crippen LogP contribution in [0.4, 0.5) is 28.9 Å². The average molecular weight is 326 g/mol. The topological polar surface area (TPSA) is 86.8 Å². The van der Waals surface area contributed by atoms with Crippen molar-refractivity contribution < 1.29 is 32.7 Å². The Labute approximate surface area is 122 Å². The summed E-state index contributed by atoms with van der Waals surface area (Å²) in [5, 5.41) is 29.1. The van der Waals surface area contributed by atoms with Crippen LogP contribution in [0.5, 0.6) is 0 Å². The van der Waals surface area contributed by atoms with E-state index in [0.717, 1.165) is 17.0 Å². The van der Waals surface area contributed by atoms with E-state index in [0.29, 0.717) is 6.07 Å². The molecule has 2 N–H and O–H groups in total. The van der Waals surface area contributed by atoms with Crippen LogP contribution in [-0.2, 0) is 0 Å². The van der Waals surface area contributed by atoms with Gasteiger partial charge < -0.3 is 15.1 Å². The third-order valence-corrected chi connectivity index (χ3v) is 2.78. The Morgan fingerprint density at radius 2 is 2.00 bits per heavy atom. The first kappa shape index (κ1) is 18.1. The van der Waals surface area contributed by atoms with Gasteiger partial charge in [0.15, 0.2) is 0 Å². The molecule has 1 aromatic carbocycles. The highest BCUT2D eigenvalue weighted by Gasteiger charge is 2.30. The van der Waals surface area contributed by atoms with Crippen LogP contribution < -0.4 is 4.90 Å². The number of anilines is 1. The van der Waals surface area contributed by atoms with Crippen LogP contribution in [0.25, 0.3) is 0 Å². The zero-order valence-corrected chi connectivity index (χ0v) is 11.3. The van der Waals surface area contributed by atoms with Crippen LogP contribution >= 0.6 is 0 Å². The fourth-order valence-corrected chi connectivity index (χ4v) is 1.79. The Kier molecular flexibility index (Phi) is 6.06. The van der Waals surface area contributed by atoms with Gasteiger partial charge in [0.2, 0.25) is 0 Å². The zero-order valence-electron chi connectivity index (χ0n) is 11.3. The summed E-state index contributed by atoms with van der Waals surface area (Å²) in [5.41, 5.74) is -0.976. The van der Waals surface area contributed by atoms with Crippen LogP contribution in [0.15, 0.2) is 18.2 Å². The number of nitro groups is 1. The van der Waals surface area contributed by atoms with Gasteiger partial charge in [0.25, 0.3) is 5.69 Å². The highest BCUT2D eigenvalue weighted by molar-refractivity contribution is 5.63. The SMILES string of the molecule is O=[N+]([O-])c1cc(F)ccc1N(CCC(F)(F)F)C[C@H](O)CO. The molecule has 0 heterocycles. The number of benzene rings is 1. The Morgan fingerprint density at radius 1 is 1.36 bits per heavy atom. The fraction of sp³-hybridized carbons (Fsp3) is 0.500. The van der Waals surface area contributed by atoms with E-state index in [1.165, 1.54) is 0 Å². The van der Waals surface area contributed by atoms with Crippen LogP contribution in [0.2, 0.25) is 0 Å². The van der Waals surface area contributed by atoms with Crippen molar-refractivity contribution in [3.8, 4) is 0 Å². The number of rotatable bonds is 7. The number of hydrogen-bond donors (Lipinski definition) is 2. The molecular weight excluding hydrogens is 312 g/mol. The summed E-state index contributed by atoms with van der Waals surface area (Å²) >= 11 is 0. The first-order chi connectivity index (χ1) is 10.1. The molecule has 22 heavy (non-hydrogen) atoms. The van der Waals surface area contributed by atoms with Gasteiger partial charge in [0.1, 0.15) is 11.5 Å². The van der Waals surface area contributed by atoms with E-state index in [-0.39, 0.29) is 5.69 Å². The quantitative estimate of drug-likeness (QED) is 0.454. The molecule has 0 aromatic heterocycles. The Balaban J connectivity index is 3.11. The standard InChI is InChI=1S/C12H14F4N2O4/c13-8-1-2-10(11(5-8)18(21)22)17(6-9(20)7-19)4-3-12(14,15)16/h1-2,5,9,19-20H,3-4,6-7H2/t9-/m0/s1. The highest BCUT2D eigenvalue weighted by atomic mass is 19.4. The molecule has 10 heteroatoms. The van der Waals surface area contributed by atoms with Crippen LogP contribution in [0.1, 0.15) is 6.42 Å². The summed E-state index contributed by atoms with van der Waals surface area (Å²) in [4.78, 5) is 10.9. The molecular formula is C12H14F4N2O4. The fourth-order valence-electron chi connectivity index (χ4n) is 1.79. The van der Waals surface area contributed by atoms with Gasteiger partial charge in [0, 0.05) is 13.1 Å². The lowest BCUT2D eigenvalue weighted by atomic mass is 10.2. The molecule has 124 valence electrons. The molecule has 0 amide bonds. The van der Waals surface area contributed by atoms with Crippen molar-refractivity contribution in [1.29, 1.82) is 0 Å².